The molecule has 1 amide bonds. The number of carbonyl (C=O) groups is 2. The molecule has 0 fully saturated rings. The number of benzene rings is 1. The number of carbonyl (C=O) groups excluding carboxylic acids is 2. The number of hydrogen-bond acceptors (Lipinski definition) is 5. The van der Waals surface area contributed by atoms with Crippen LogP contribution in [0.5, 0.6) is 0 Å². The first kappa shape index (κ1) is 22.0. The predicted octanol–water partition coefficient (Wildman–Crippen LogP) is 4.55. The number of rotatable bonds is 5. The minimum atomic E-state index is -2.37. The minimum Gasteiger partial charge on any atom is -0.459 e. The van der Waals surface area contributed by atoms with Gasteiger partial charge in [0.15, 0.2) is 23.3 Å². The molecule has 1 aromatic carbocycles. The number of hydrogen-bond donors (Lipinski definition) is 1. The summed E-state index contributed by atoms with van der Waals surface area (Å²) in [7, 11) is 0. The van der Waals surface area contributed by atoms with Crippen LogP contribution in [0.3, 0.4) is 0 Å². The first-order valence-corrected chi connectivity index (χ1v) is 8.69. The van der Waals surface area contributed by atoms with Crippen LogP contribution in [-0.2, 0) is 9.53 Å². The van der Waals surface area contributed by atoms with Gasteiger partial charge in [-0.1, -0.05) is 0 Å². The van der Waals surface area contributed by atoms with Gasteiger partial charge >= 0.3 is 5.97 Å². The average Bonchev–Trinajstić information content (AvgIpc) is 3.12. The van der Waals surface area contributed by atoms with E-state index in [1.54, 1.807) is 13.8 Å². The van der Waals surface area contributed by atoms with Crippen molar-refractivity contribution in [2.24, 2.45) is 0 Å². The lowest BCUT2D eigenvalue weighted by Crippen LogP contribution is -2.17. The van der Waals surface area contributed by atoms with Crippen molar-refractivity contribution in [3.63, 3.8) is 0 Å². The maximum atomic E-state index is 13.8. The molecule has 1 heterocycles. The van der Waals surface area contributed by atoms with Crippen molar-refractivity contribution in [1.82, 2.24) is 0 Å². The first-order valence-electron chi connectivity index (χ1n) is 7.81. The Morgan fingerprint density at radius 1 is 1.10 bits per heavy atom. The third-order valence-electron chi connectivity index (χ3n) is 3.35. The summed E-state index contributed by atoms with van der Waals surface area (Å²) in [5.74, 6) is -13.2. The molecule has 5 nitrogen and oxygen atoms in total. The molecule has 0 aliphatic heterocycles. The average molecular weight is 430 g/mol. The standard InChI is InChI=1S/C18H11F5N2O3S/c1-7(2)28-18(27)9-3-4-29-17(9)25-16(26)8(6-24)5-10-11(19)13(21)15(23)14(22)12(10)20/h3-5,7H,1-2H3,(H,25,26)/b8-5+. The first-order chi connectivity index (χ1) is 13.6. The summed E-state index contributed by atoms with van der Waals surface area (Å²) >= 11 is 0.893. The van der Waals surface area contributed by atoms with Gasteiger partial charge in [-0.15, -0.1) is 11.3 Å². The summed E-state index contributed by atoms with van der Waals surface area (Å²) in [4.78, 5) is 24.2. The molecule has 0 spiro atoms. The molecule has 0 saturated heterocycles. The highest BCUT2D eigenvalue weighted by Crippen LogP contribution is 2.27. The Balaban J connectivity index is 2.39. The molecule has 1 N–H and O–H groups in total. The Hall–Kier alpha value is -3.26. The summed E-state index contributed by atoms with van der Waals surface area (Å²) in [5, 5.41) is 12.7. The van der Waals surface area contributed by atoms with Crippen molar-refractivity contribution < 1.29 is 36.3 Å². The van der Waals surface area contributed by atoms with E-state index in [9.17, 15) is 31.5 Å². The highest BCUT2D eigenvalue weighted by atomic mass is 32.1. The zero-order chi connectivity index (χ0) is 21.9. The molecule has 0 saturated carbocycles. The van der Waals surface area contributed by atoms with Crippen LogP contribution in [0, 0.1) is 40.4 Å². The quantitative estimate of drug-likeness (QED) is 0.188. The lowest BCUT2D eigenvalue weighted by molar-refractivity contribution is -0.112. The molecule has 0 aliphatic rings. The molecule has 0 unspecified atom stereocenters. The molecule has 2 aromatic rings. The van der Waals surface area contributed by atoms with Crippen molar-refractivity contribution in [2.45, 2.75) is 20.0 Å². The van der Waals surface area contributed by atoms with Crippen LogP contribution in [0.15, 0.2) is 17.0 Å². The lowest BCUT2D eigenvalue weighted by atomic mass is 10.1. The van der Waals surface area contributed by atoms with E-state index >= 15 is 0 Å². The smallest absolute Gasteiger partial charge is 0.341 e. The molecule has 152 valence electrons. The van der Waals surface area contributed by atoms with Gasteiger partial charge in [0.2, 0.25) is 5.82 Å². The Bertz CT molecular complexity index is 1030. The van der Waals surface area contributed by atoms with E-state index in [2.05, 4.69) is 5.32 Å². The van der Waals surface area contributed by atoms with Crippen LogP contribution in [0.2, 0.25) is 0 Å². The van der Waals surface area contributed by atoms with Crippen molar-refractivity contribution >= 4 is 34.3 Å². The Kier molecular flexibility index (Phi) is 6.71. The molecule has 11 heteroatoms. The molecule has 0 aliphatic carbocycles. The van der Waals surface area contributed by atoms with Crippen molar-refractivity contribution in [3.05, 3.63) is 57.2 Å². The van der Waals surface area contributed by atoms with Gasteiger partial charge in [-0.3, -0.25) is 4.79 Å². The van der Waals surface area contributed by atoms with E-state index in [4.69, 9.17) is 10.00 Å². The maximum Gasteiger partial charge on any atom is 0.341 e. The number of amides is 1. The number of nitrogens with zero attached hydrogens (tertiary/aromatic N) is 1. The van der Waals surface area contributed by atoms with Gasteiger partial charge in [-0.2, -0.15) is 5.26 Å². The molecule has 0 radical (unpaired) electrons. The van der Waals surface area contributed by atoms with E-state index in [0.29, 0.717) is 0 Å². The normalized spacial score (nSPS) is 11.3. The molecular formula is C18H11F5N2O3S. The fourth-order valence-corrected chi connectivity index (χ4v) is 2.83. The largest absolute Gasteiger partial charge is 0.459 e. The monoisotopic (exact) mass is 430 g/mol. The zero-order valence-electron chi connectivity index (χ0n) is 14.8. The Labute approximate surface area is 165 Å². The molecule has 0 atom stereocenters. The van der Waals surface area contributed by atoms with Crippen LogP contribution in [0.1, 0.15) is 29.8 Å². The Morgan fingerprint density at radius 3 is 2.17 bits per heavy atom. The highest BCUT2D eigenvalue weighted by molar-refractivity contribution is 7.14. The van der Waals surface area contributed by atoms with E-state index < -0.39 is 58.2 Å². The van der Waals surface area contributed by atoms with E-state index in [0.717, 1.165) is 11.3 Å². The molecule has 29 heavy (non-hydrogen) atoms. The van der Waals surface area contributed by atoms with Crippen molar-refractivity contribution in [1.29, 1.82) is 5.26 Å². The van der Waals surface area contributed by atoms with Gasteiger partial charge in [-0.25, -0.2) is 26.7 Å². The maximum absolute atomic E-state index is 13.8. The van der Waals surface area contributed by atoms with Crippen molar-refractivity contribution in [2.75, 3.05) is 5.32 Å². The third-order valence-corrected chi connectivity index (χ3v) is 4.18. The van der Waals surface area contributed by atoms with Gasteiger partial charge in [0.05, 0.1) is 17.2 Å². The van der Waals surface area contributed by atoms with Gasteiger partial charge in [0.25, 0.3) is 5.91 Å². The Morgan fingerprint density at radius 2 is 1.66 bits per heavy atom. The van der Waals surface area contributed by atoms with Crippen LogP contribution >= 0.6 is 11.3 Å². The third kappa shape index (κ3) is 4.60. The number of anilines is 1. The van der Waals surface area contributed by atoms with Gasteiger partial charge in [-0.05, 0) is 31.4 Å². The van der Waals surface area contributed by atoms with E-state index in [1.807, 2.05) is 0 Å². The molecule has 1 aromatic heterocycles. The summed E-state index contributed by atoms with van der Waals surface area (Å²) in [6, 6.07) is 2.66. The van der Waals surface area contributed by atoms with Crippen LogP contribution in [0.4, 0.5) is 27.0 Å². The number of nitriles is 1. The number of ether oxygens (including phenoxy) is 1. The second-order valence-electron chi connectivity index (χ2n) is 5.72. The SMILES string of the molecule is CC(C)OC(=O)c1ccsc1NC(=O)/C(C#N)=C/c1c(F)c(F)c(F)c(F)c1F. The van der Waals surface area contributed by atoms with Crippen LogP contribution in [0.25, 0.3) is 6.08 Å². The highest BCUT2D eigenvalue weighted by Gasteiger charge is 2.26. The molecule has 0 bridgehead atoms. The number of nitrogens with one attached hydrogen (secondary N) is 1. The van der Waals surface area contributed by atoms with E-state index in [1.165, 1.54) is 17.5 Å². The predicted molar refractivity (Wildman–Crippen MR) is 93.3 cm³/mol. The van der Waals surface area contributed by atoms with Gasteiger partial charge < -0.3 is 10.1 Å². The topological polar surface area (TPSA) is 79.2 Å². The second-order valence-corrected chi connectivity index (χ2v) is 6.64. The minimum absolute atomic E-state index is 0.0285. The number of halogens is 5. The number of thiophene rings is 1. The summed E-state index contributed by atoms with van der Waals surface area (Å²) in [6.07, 6.45) is -0.222. The van der Waals surface area contributed by atoms with Gasteiger partial charge in [0, 0.05) is 0 Å². The summed E-state index contributed by atoms with van der Waals surface area (Å²) in [5.41, 5.74) is -2.44. The van der Waals surface area contributed by atoms with Crippen molar-refractivity contribution in [3.8, 4) is 6.07 Å². The summed E-state index contributed by atoms with van der Waals surface area (Å²) < 4.78 is 72.2. The van der Waals surface area contributed by atoms with Crippen LogP contribution in [-0.4, -0.2) is 18.0 Å². The fraction of sp³-hybridized carbons (Fsp3) is 0.167. The second kappa shape index (κ2) is 8.83. The molecular weight excluding hydrogens is 419 g/mol. The lowest BCUT2D eigenvalue weighted by Gasteiger charge is -2.09. The summed E-state index contributed by atoms with van der Waals surface area (Å²) in [6.45, 7) is 3.20. The van der Waals surface area contributed by atoms with Crippen LogP contribution < -0.4 is 5.32 Å². The zero-order valence-corrected chi connectivity index (χ0v) is 15.6. The molecule has 2 rings (SSSR count). The fourth-order valence-electron chi connectivity index (χ4n) is 2.06. The number of esters is 1. The van der Waals surface area contributed by atoms with E-state index in [-0.39, 0.29) is 16.6 Å². The van der Waals surface area contributed by atoms with Gasteiger partial charge in [0.1, 0.15) is 16.6 Å².